The monoisotopic (exact) mass is 300 g/mol. The van der Waals surface area contributed by atoms with Crippen LogP contribution in [0.1, 0.15) is 24.2 Å². The summed E-state index contributed by atoms with van der Waals surface area (Å²) in [4.78, 5) is 33.2. The maximum Gasteiger partial charge on any atom is 0.258 e. The highest BCUT2D eigenvalue weighted by molar-refractivity contribution is 5.78. The van der Waals surface area contributed by atoms with Crippen LogP contribution in [0.2, 0.25) is 0 Å². The number of H-pyrrole nitrogens is 1. The Kier molecular flexibility index (Phi) is 3.94. The Hall–Kier alpha value is -2.21. The molecule has 0 aliphatic heterocycles. The molecular formula is C16H20N4O2. The van der Waals surface area contributed by atoms with Crippen LogP contribution in [0.3, 0.4) is 0 Å². The number of hydrogen-bond donors (Lipinski definition) is 2. The van der Waals surface area contributed by atoms with Crippen LogP contribution in [0.5, 0.6) is 0 Å². The number of amides is 1. The summed E-state index contributed by atoms with van der Waals surface area (Å²) in [6, 6.07) is 6.02. The lowest BCUT2D eigenvalue weighted by Gasteiger charge is -2.20. The van der Waals surface area contributed by atoms with Crippen LogP contribution in [0.15, 0.2) is 23.0 Å². The Morgan fingerprint density at radius 1 is 1.45 bits per heavy atom. The lowest BCUT2D eigenvalue weighted by Crippen LogP contribution is -2.37. The molecule has 0 radical (unpaired) electrons. The Morgan fingerprint density at radius 3 is 2.91 bits per heavy atom. The molecule has 1 aliphatic carbocycles. The fourth-order valence-electron chi connectivity index (χ4n) is 2.58. The number of aryl methyl sites for hydroxylation is 1. The van der Waals surface area contributed by atoms with Gasteiger partial charge in [0.05, 0.1) is 24.0 Å². The first-order chi connectivity index (χ1) is 10.6. The first kappa shape index (κ1) is 14.7. The van der Waals surface area contributed by atoms with Gasteiger partial charge in [0.2, 0.25) is 5.91 Å². The van der Waals surface area contributed by atoms with Crippen molar-refractivity contribution in [2.75, 3.05) is 13.6 Å². The number of rotatable bonds is 5. The third kappa shape index (κ3) is 3.17. The molecule has 2 aromatic rings. The molecule has 1 aromatic carbocycles. The summed E-state index contributed by atoms with van der Waals surface area (Å²) in [5, 5.41) is 3.24. The molecule has 1 aliphatic rings. The van der Waals surface area contributed by atoms with Gasteiger partial charge in [-0.3, -0.25) is 14.5 Å². The molecule has 6 heteroatoms. The van der Waals surface area contributed by atoms with E-state index in [0.29, 0.717) is 35.9 Å². The largest absolute Gasteiger partial charge is 0.358 e. The van der Waals surface area contributed by atoms with E-state index in [1.165, 1.54) is 0 Å². The Balaban J connectivity index is 1.88. The molecule has 116 valence electrons. The van der Waals surface area contributed by atoms with E-state index in [0.717, 1.165) is 18.4 Å². The smallest absolute Gasteiger partial charge is 0.258 e. The van der Waals surface area contributed by atoms with Crippen molar-refractivity contribution in [1.29, 1.82) is 0 Å². The molecule has 6 nitrogen and oxygen atoms in total. The number of aromatic nitrogens is 2. The van der Waals surface area contributed by atoms with E-state index in [-0.39, 0.29) is 11.5 Å². The Morgan fingerprint density at radius 2 is 2.23 bits per heavy atom. The highest BCUT2D eigenvalue weighted by Gasteiger charge is 2.30. The van der Waals surface area contributed by atoms with E-state index < -0.39 is 0 Å². The number of benzene rings is 1. The zero-order valence-electron chi connectivity index (χ0n) is 12.8. The van der Waals surface area contributed by atoms with Crippen molar-refractivity contribution in [3.8, 4) is 0 Å². The number of nitrogens with one attached hydrogen (secondary N) is 2. The number of carbonyl (C=O) groups is 1. The predicted octanol–water partition coefficient (Wildman–Crippen LogP) is 0.942. The summed E-state index contributed by atoms with van der Waals surface area (Å²) < 4.78 is 0. The molecular weight excluding hydrogens is 280 g/mol. The summed E-state index contributed by atoms with van der Waals surface area (Å²) in [7, 11) is 1.63. The standard InChI is InChI=1S/C16H20N4O2/c1-10-3-6-12-13(7-10)18-14(19-16(12)22)8-20(11-4-5-11)9-15(21)17-2/h3,6-7,11H,4-5,8-9H2,1-2H3,(H,17,21)(H,18,19,22). The van der Waals surface area contributed by atoms with Crippen molar-refractivity contribution in [2.45, 2.75) is 32.4 Å². The van der Waals surface area contributed by atoms with Crippen LogP contribution in [0, 0.1) is 6.92 Å². The minimum Gasteiger partial charge on any atom is -0.358 e. The lowest BCUT2D eigenvalue weighted by molar-refractivity contribution is -0.122. The van der Waals surface area contributed by atoms with Crippen LogP contribution in [-0.2, 0) is 11.3 Å². The van der Waals surface area contributed by atoms with Gasteiger partial charge in [-0.05, 0) is 37.5 Å². The van der Waals surface area contributed by atoms with E-state index in [1.54, 1.807) is 13.1 Å². The van der Waals surface area contributed by atoms with Crippen molar-refractivity contribution in [2.24, 2.45) is 0 Å². The normalized spacial score (nSPS) is 14.5. The van der Waals surface area contributed by atoms with E-state index in [4.69, 9.17) is 0 Å². The molecule has 1 heterocycles. The quantitative estimate of drug-likeness (QED) is 0.861. The van der Waals surface area contributed by atoms with Crippen LogP contribution in [0.4, 0.5) is 0 Å². The van der Waals surface area contributed by atoms with Gasteiger partial charge in [0.25, 0.3) is 5.56 Å². The SMILES string of the molecule is CNC(=O)CN(Cc1nc2cc(C)ccc2c(=O)[nH]1)C1CC1. The summed E-state index contributed by atoms with van der Waals surface area (Å²) >= 11 is 0. The second kappa shape index (κ2) is 5.88. The number of nitrogens with zero attached hydrogens (tertiary/aromatic N) is 2. The molecule has 2 N–H and O–H groups in total. The minimum absolute atomic E-state index is 0.0223. The van der Waals surface area contributed by atoms with Crippen molar-refractivity contribution in [1.82, 2.24) is 20.2 Å². The molecule has 1 aromatic heterocycles. The lowest BCUT2D eigenvalue weighted by atomic mass is 10.2. The Bertz CT molecular complexity index is 764. The van der Waals surface area contributed by atoms with Crippen LogP contribution in [-0.4, -0.2) is 40.4 Å². The number of hydrogen-bond acceptors (Lipinski definition) is 4. The van der Waals surface area contributed by atoms with Crippen molar-refractivity contribution in [3.05, 3.63) is 39.9 Å². The second-order valence-electron chi connectivity index (χ2n) is 5.84. The summed E-state index contributed by atoms with van der Waals surface area (Å²) in [5.74, 6) is 0.588. The highest BCUT2D eigenvalue weighted by Crippen LogP contribution is 2.27. The van der Waals surface area contributed by atoms with Crippen molar-refractivity contribution in [3.63, 3.8) is 0 Å². The van der Waals surface area contributed by atoms with Gasteiger partial charge in [-0.25, -0.2) is 4.98 Å². The molecule has 1 saturated carbocycles. The molecule has 1 amide bonds. The molecule has 22 heavy (non-hydrogen) atoms. The average Bonchev–Trinajstić information content (AvgIpc) is 3.30. The van der Waals surface area contributed by atoms with E-state index in [9.17, 15) is 9.59 Å². The molecule has 1 fully saturated rings. The topological polar surface area (TPSA) is 78.1 Å². The highest BCUT2D eigenvalue weighted by atomic mass is 16.2. The summed E-state index contributed by atoms with van der Waals surface area (Å²) in [5.41, 5.74) is 1.64. The van der Waals surface area contributed by atoms with E-state index >= 15 is 0 Å². The van der Waals surface area contributed by atoms with Crippen LogP contribution >= 0.6 is 0 Å². The number of carbonyl (C=O) groups excluding carboxylic acids is 1. The van der Waals surface area contributed by atoms with Gasteiger partial charge < -0.3 is 10.3 Å². The molecule has 0 unspecified atom stereocenters. The van der Waals surface area contributed by atoms with Gasteiger partial charge in [-0.1, -0.05) is 6.07 Å². The zero-order chi connectivity index (χ0) is 15.7. The van der Waals surface area contributed by atoms with Gasteiger partial charge in [0, 0.05) is 13.1 Å². The molecule has 0 atom stereocenters. The maximum atomic E-state index is 12.2. The molecule has 3 rings (SSSR count). The van der Waals surface area contributed by atoms with Gasteiger partial charge in [0.15, 0.2) is 0 Å². The zero-order valence-corrected chi connectivity index (χ0v) is 12.8. The molecule has 0 saturated heterocycles. The van der Waals surface area contributed by atoms with Crippen LogP contribution in [0.25, 0.3) is 10.9 Å². The van der Waals surface area contributed by atoms with Crippen LogP contribution < -0.4 is 10.9 Å². The van der Waals surface area contributed by atoms with Crippen molar-refractivity contribution >= 4 is 16.8 Å². The summed E-state index contributed by atoms with van der Waals surface area (Å²) in [6.07, 6.45) is 2.18. The third-order valence-corrected chi connectivity index (χ3v) is 3.95. The summed E-state index contributed by atoms with van der Waals surface area (Å²) in [6.45, 7) is 2.79. The molecule has 0 spiro atoms. The fraction of sp³-hybridized carbons (Fsp3) is 0.438. The predicted molar refractivity (Wildman–Crippen MR) is 84.6 cm³/mol. The number of fused-ring (bicyclic) bond motifs is 1. The fourth-order valence-corrected chi connectivity index (χ4v) is 2.58. The van der Waals surface area contributed by atoms with Gasteiger partial charge in [0.1, 0.15) is 5.82 Å². The van der Waals surface area contributed by atoms with E-state index in [2.05, 4.69) is 20.2 Å². The minimum atomic E-state index is -0.129. The van der Waals surface area contributed by atoms with Gasteiger partial charge in [-0.15, -0.1) is 0 Å². The molecule has 0 bridgehead atoms. The van der Waals surface area contributed by atoms with Crippen molar-refractivity contribution < 1.29 is 4.79 Å². The van der Waals surface area contributed by atoms with Gasteiger partial charge >= 0.3 is 0 Å². The first-order valence-electron chi connectivity index (χ1n) is 7.51. The maximum absolute atomic E-state index is 12.2. The number of likely N-dealkylation sites (N-methyl/N-ethyl adjacent to an activating group) is 1. The average molecular weight is 300 g/mol. The van der Waals surface area contributed by atoms with E-state index in [1.807, 2.05) is 19.1 Å². The number of aromatic amines is 1. The second-order valence-corrected chi connectivity index (χ2v) is 5.84. The Labute approximate surface area is 128 Å². The first-order valence-corrected chi connectivity index (χ1v) is 7.51. The third-order valence-electron chi connectivity index (χ3n) is 3.95. The van der Waals surface area contributed by atoms with Gasteiger partial charge in [-0.2, -0.15) is 0 Å².